The second-order valence-corrected chi connectivity index (χ2v) is 5.08. The van der Waals surface area contributed by atoms with E-state index in [2.05, 4.69) is 22.4 Å². The Bertz CT molecular complexity index is 602. The molecule has 2 aromatic rings. The van der Waals surface area contributed by atoms with Gasteiger partial charge in [0.1, 0.15) is 10.8 Å². The summed E-state index contributed by atoms with van der Waals surface area (Å²) in [6.45, 7) is 0. The number of aromatic nitrogens is 1. The number of hydrogen-bond donors (Lipinski definition) is 1. The van der Waals surface area contributed by atoms with E-state index in [1.165, 1.54) is 11.1 Å². The summed E-state index contributed by atoms with van der Waals surface area (Å²) < 4.78 is 0. The average molecular weight is 273 g/mol. The molecule has 0 aliphatic heterocycles. The summed E-state index contributed by atoms with van der Waals surface area (Å²) in [6.07, 6.45) is 1.75. The minimum Gasteiger partial charge on any atom is -0.347 e. The van der Waals surface area contributed by atoms with E-state index in [-0.39, 0.29) is 11.9 Å². The van der Waals surface area contributed by atoms with E-state index < -0.39 is 0 Å². The van der Waals surface area contributed by atoms with Crippen molar-refractivity contribution in [2.24, 2.45) is 0 Å². The van der Waals surface area contributed by atoms with Gasteiger partial charge in [-0.2, -0.15) is 0 Å². The van der Waals surface area contributed by atoms with E-state index in [4.69, 9.17) is 11.6 Å². The second-order valence-electron chi connectivity index (χ2n) is 4.69. The van der Waals surface area contributed by atoms with Crippen LogP contribution in [0.3, 0.4) is 0 Å². The van der Waals surface area contributed by atoms with Gasteiger partial charge in [-0.3, -0.25) is 4.79 Å². The Hall–Kier alpha value is -1.87. The lowest BCUT2D eigenvalue weighted by Gasteiger charge is -2.11. The third kappa shape index (κ3) is 2.61. The molecule has 4 heteroatoms. The number of benzene rings is 1. The van der Waals surface area contributed by atoms with Gasteiger partial charge in [0.05, 0.1) is 0 Å². The fourth-order valence-electron chi connectivity index (χ4n) is 2.45. The SMILES string of the molecule is O=C(NC1Cc2ccccc2C1)c1cccc(Cl)n1. The standard InChI is InChI=1S/C15H13ClN2O/c16-14-7-3-6-13(18-14)15(19)17-12-8-10-4-1-2-5-11(10)9-12/h1-7,12H,8-9H2,(H,17,19). The van der Waals surface area contributed by atoms with Crippen LogP contribution in [0.4, 0.5) is 0 Å². The summed E-state index contributed by atoms with van der Waals surface area (Å²) in [7, 11) is 0. The number of amides is 1. The maximum Gasteiger partial charge on any atom is 0.270 e. The lowest BCUT2D eigenvalue weighted by atomic mass is 10.1. The van der Waals surface area contributed by atoms with Crippen LogP contribution in [0.1, 0.15) is 21.6 Å². The van der Waals surface area contributed by atoms with Crippen molar-refractivity contribution in [3.05, 3.63) is 64.4 Å². The van der Waals surface area contributed by atoms with Gasteiger partial charge in [0.2, 0.25) is 0 Å². The van der Waals surface area contributed by atoms with Crippen molar-refractivity contribution in [3.8, 4) is 0 Å². The molecule has 1 aromatic heterocycles. The molecule has 19 heavy (non-hydrogen) atoms. The van der Waals surface area contributed by atoms with E-state index >= 15 is 0 Å². The first-order valence-corrected chi connectivity index (χ1v) is 6.60. The first kappa shape index (κ1) is 12.2. The van der Waals surface area contributed by atoms with Crippen LogP contribution < -0.4 is 5.32 Å². The van der Waals surface area contributed by atoms with Crippen LogP contribution in [-0.4, -0.2) is 16.9 Å². The van der Waals surface area contributed by atoms with Crippen molar-refractivity contribution in [3.63, 3.8) is 0 Å². The van der Waals surface area contributed by atoms with Crippen LogP contribution in [0.5, 0.6) is 0 Å². The number of pyridine rings is 1. The molecule has 96 valence electrons. The van der Waals surface area contributed by atoms with E-state index in [0.717, 1.165) is 12.8 Å². The van der Waals surface area contributed by atoms with Crippen LogP contribution in [0, 0.1) is 0 Å². The van der Waals surface area contributed by atoms with Gasteiger partial charge in [0.15, 0.2) is 0 Å². The minimum absolute atomic E-state index is 0.144. The molecule has 1 aromatic carbocycles. The van der Waals surface area contributed by atoms with Crippen LogP contribution in [0.15, 0.2) is 42.5 Å². The maximum atomic E-state index is 12.1. The lowest BCUT2D eigenvalue weighted by molar-refractivity contribution is 0.0933. The number of carbonyl (C=O) groups excluding carboxylic acids is 1. The molecule has 0 atom stereocenters. The molecule has 0 saturated carbocycles. The number of carbonyl (C=O) groups is 1. The molecule has 1 amide bonds. The summed E-state index contributed by atoms with van der Waals surface area (Å²) in [5.74, 6) is -0.166. The molecular weight excluding hydrogens is 260 g/mol. The van der Waals surface area contributed by atoms with E-state index in [1.54, 1.807) is 18.2 Å². The molecule has 0 bridgehead atoms. The summed E-state index contributed by atoms with van der Waals surface area (Å²) in [4.78, 5) is 16.1. The molecule has 3 nitrogen and oxygen atoms in total. The zero-order chi connectivity index (χ0) is 13.2. The van der Waals surface area contributed by atoms with Crippen LogP contribution in [0.25, 0.3) is 0 Å². The van der Waals surface area contributed by atoms with Gasteiger partial charge in [0.25, 0.3) is 5.91 Å². The summed E-state index contributed by atoms with van der Waals surface area (Å²) >= 11 is 5.79. The number of nitrogens with one attached hydrogen (secondary N) is 1. The number of hydrogen-bond acceptors (Lipinski definition) is 2. The summed E-state index contributed by atoms with van der Waals surface area (Å²) in [6, 6.07) is 13.5. The van der Waals surface area contributed by atoms with Crippen molar-refractivity contribution in [2.75, 3.05) is 0 Å². The Balaban J connectivity index is 1.69. The average Bonchev–Trinajstić information content (AvgIpc) is 2.80. The largest absolute Gasteiger partial charge is 0.347 e. The first-order chi connectivity index (χ1) is 9.22. The topological polar surface area (TPSA) is 42.0 Å². The van der Waals surface area contributed by atoms with Crippen LogP contribution in [0.2, 0.25) is 5.15 Å². The number of halogens is 1. The Morgan fingerprint density at radius 3 is 2.42 bits per heavy atom. The van der Waals surface area contributed by atoms with Gasteiger partial charge in [-0.05, 0) is 36.1 Å². The van der Waals surface area contributed by atoms with Gasteiger partial charge < -0.3 is 5.32 Å². The van der Waals surface area contributed by atoms with Gasteiger partial charge in [-0.15, -0.1) is 0 Å². The second kappa shape index (κ2) is 5.02. The quantitative estimate of drug-likeness (QED) is 0.854. The van der Waals surface area contributed by atoms with Crippen molar-refractivity contribution in [1.29, 1.82) is 0 Å². The predicted octanol–water partition coefficient (Wildman–Crippen LogP) is 2.63. The summed E-state index contributed by atoms with van der Waals surface area (Å²) in [5, 5.41) is 3.34. The van der Waals surface area contributed by atoms with E-state index in [9.17, 15) is 4.79 Å². The Morgan fingerprint density at radius 1 is 1.11 bits per heavy atom. The smallest absolute Gasteiger partial charge is 0.270 e. The molecule has 0 saturated heterocycles. The highest BCUT2D eigenvalue weighted by atomic mass is 35.5. The molecule has 1 aliphatic carbocycles. The first-order valence-electron chi connectivity index (χ1n) is 6.22. The third-order valence-electron chi connectivity index (χ3n) is 3.33. The molecule has 1 N–H and O–H groups in total. The van der Waals surface area contributed by atoms with E-state index in [0.29, 0.717) is 10.8 Å². The Labute approximate surface area is 116 Å². The van der Waals surface area contributed by atoms with Crippen molar-refractivity contribution in [2.45, 2.75) is 18.9 Å². The van der Waals surface area contributed by atoms with Crippen molar-refractivity contribution >= 4 is 17.5 Å². The molecule has 3 rings (SSSR count). The Morgan fingerprint density at radius 2 is 1.79 bits per heavy atom. The van der Waals surface area contributed by atoms with Crippen molar-refractivity contribution < 1.29 is 4.79 Å². The lowest BCUT2D eigenvalue weighted by Crippen LogP contribution is -2.35. The van der Waals surface area contributed by atoms with Gasteiger partial charge in [-0.25, -0.2) is 4.98 Å². The van der Waals surface area contributed by atoms with Crippen LogP contribution in [-0.2, 0) is 12.8 Å². The maximum absolute atomic E-state index is 12.1. The molecule has 1 heterocycles. The van der Waals surface area contributed by atoms with Gasteiger partial charge in [0, 0.05) is 6.04 Å². The van der Waals surface area contributed by atoms with Crippen molar-refractivity contribution in [1.82, 2.24) is 10.3 Å². The molecular formula is C15H13ClN2O. The highest BCUT2D eigenvalue weighted by molar-refractivity contribution is 6.29. The van der Waals surface area contributed by atoms with Gasteiger partial charge in [-0.1, -0.05) is 41.9 Å². The molecule has 0 fully saturated rings. The van der Waals surface area contributed by atoms with Crippen LogP contribution >= 0.6 is 11.6 Å². The number of fused-ring (bicyclic) bond motifs is 1. The molecule has 0 radical (unpaired) electrons. The minimum atomic E-state index is -0.166. The predicted molar refractivity (Wildman–Crippen MR) is 74.4 cm³/mol. The van der Waals surface area contributed by atoms with E-state index in [1.807, 2.05) is 12.1 Å². The Kier molecular flexibility index (Phi) is 3.22. The monoisotopic (exact) mass is 272 g/mol. The third-order valence-corrected chi connectivity index (χ3v) is 3.54. The normalized spacial score (nSPS) is 14.2. The fraction of sp³-hybridized carbons (Fsp3) is 0.200. The molecule has 0 unspecified atom stereocenters. The number of rotatable bonds is 2. The van der Waals surface area contributed by atoms with Gasteiger partial charge >= 0.3 is 0 Å². The molecule has 0 spiro atoms. The zero-order valence-corrected chi connectivity index (χ0v) is 11.0. The molecule has 1 aliphatic rings. The highest BCUT2D eigenvalue weighted by Gasteiger charge is 2.23. The number of nitrogens with zero attached hydrogens (tertiary/aromatic N) is 1. The fourth-order valence-corrected chi connectivity index (χ4v) is 2.62. The highest BCUT2D eigenvalue weighted by Crippen LogP contribution is 2.21. The zero-order valence-electron chi connectivity index (χ0n) is 10.3. The summed E-state index contributed by atoms with van der Waals surface area (Å²) in [5.41, 5.74) is 2.99.